The highest BCUT2D eigenvalue weighted by Gasteiger charge is 2.25. The number of aryl methyl sites for hydroxylation is 1. The van der Waals surface area contributed by atoms with Gasteiger partial charge in [-0.3, -0.25) is 14.4 Å². The van der Waals surface area contributed by atoms with Gasteiger partial charge in [0.1, 0.15) is 5.75 Å². The molecule has 1 aliphatic heterocycles. The number of nitrogens with zero attached hydrogens (tertiary/aromatic N) is 1. The van der Waals surface area contributed by atoms with Crippen molar-refractivity contribution in [3.8, 4) is 16.2 Å². The van der Waals surface area contributed by atoms with Crippen LogP contribution >= 0.6 is 11.3 Å². The highest BCUT2D eigenvalue weighted by Crippen LogP contribution is 2.41. The third-order valence-electron chi connectivity index (χ3n) is 6.06. The Morgan fingerprint density at radius 1 is 1.11 bits per heavy atom. The standard InChI is InChI=1S/C27H29N3O5S/c1-15-5-6-18(26(33)29-14-16(2)31)11-21(15)30(4)27(34)23-13-17-9-10-35-22-12-19(25(32)28-3)7-8-20(22)24(17)36-23/h5-8,11-13,16,31H,9-10,14H2,1-4H3,(H,28,32)(H,29,33)/t16-/m0/s1. The highest BCUT2D eigenvalue weighted by atomic mass is 32.1. The van der Waals surface area contributed by atoms with E-state index in [1.807, 2.05) is 19.1 Å². The van der Waals surface area contributed by atoms with E-state index in [0.29, 0.717) is 40.5 Å². The Kier molecular flexibility index (Phi) is 7.42. The summed E-state index contributed by atoms with van der Waals surface area (Å²) in [6, 6.07) is 12.4. The van der Waals surface area contributed by atoms with Crippen LogP contribution in [0.2, 0.25) is 0 Å². The van der Waals surface area contributed by atoms with Crippen molar-refractivity contribution < 1.29 is 24.2 Å². The van der Waals surface area contributed by atoms with Crippen molar-refractivity contribution in [3.63, 3.8) is 0 Å². The Morgan fingerprint density at radius 2 is 1.83 bits per heavy atom. The first kappa shape index (κ1) is 25.4. The van der Waals surface area contributed by atoms with Crippen molar-refractivity contribution in [2.75, 3.05) is 32.1 Å². The van der Waals surface area contributed by atoms with Gasteiger partial charge in [-0.1, -0.05) is 6.07 Å². The maximum atomic E-state index is 13.5. The normalized spacial score (nSPS) is 12.9. The lowest BCUT2D eigenvalue weighted by Crippen LogP contribution is -2.31. The second-order valence-corrected chi connectivity index (χ2v) is 9.83. The van der Waals surface area contributed by atoms with Crippen LogP contribution in [0.4, 0.5) is 5.69 Å². The topological polar surface area (TPSA) is 108 Å². The number of thiophene rings is 1. The van der Waals surface area contributed by atoms with Gasteiger partial charge in [-0.05, 0) is 61.4 Å². The Balaban J connectivity index is 1.63. The lowest BCUT2D eigenvalue weighted by atomic mass is 10.0. The van der Waals surface area contributed by atoms with E-state index in [0.717, 1.165) is 21.6 Å². The molecule has 0 fully saturated rings. The summed E-state index contributed by atoms with van der Waals surface area (Å²) >= 11 is 1.39. The zero-order valence-corrected chi connectivity index (χ0v) is 21.5. The van der Waals surface area contributed by atoms with Gasteiger partial charge in [-0.2, -0.15) is 0 Å². The monoisotopic (exact) mass is 507 g/mol. The third kappa shape index (κ3) is 5.12. The van der Waals surface area contributed by atoms with Crippen LogP contribution in [0.3, 0.4) is 0 Å². The number of fused-ring (bicyclic) bond motifs is 3. The number of benzene rings is 2. The molecule has 0 radical (unpaired) electrons. The third-order valence-corrected chi connectivity index (χ3v) is 7.26. The molecular weight excluding hydrogens is 478 g/mol. The van der Waals surface area contributed by atoms with E-state index in [9.17, 15) is 19.5 Å². The lowest BCUT2D eigenvalue weighted by molar-refractivity contribution is 0.0922. The summed E-state index contributed by atoms with van der Waals surface area (Å²) in [7, 11) is 3.28. The van der Waals surface area contributed by atoms with E-state index >= 15 is 0 Å². The van der Waals surface area contributed by atoms with Gasteiger partial charge < -0.3 is 25.4 Å². The van der Waals surface area contributed by atoms with Gasteiger partial charge in [-0.25, -0.2) is 0 Å². The first-order chi connectivity index (χ1) is 17.2. The van der Waals surface area contributed by atoms with Crippen molar-refractivity contribution in [2.45, 2.75) is 26.4 Å². The van der Waals surface area contributed by atoms with Crippen molar-refractivity contribution in [1.29, 1.82) is 0 Å². The van der Waals surface area contributed by atoms with Crippen molar-refractivity contribution in [1.82, 2.24) is 10.6 Å². The van der Waals surface area contributed by atoms with Crippen LogP contribution in [0.25, 0.3) is 10.4 Å². The lowest BCUT2D eigenvalue weighted by Gasteiger charge is -2.20. The van der Waals surface area contributed by atoms with Crippen molar-refractivity contribution in [2.24, 2.45) is 0 Å². The fraction of sp³-hybridized carbons (Fsp3) is 0.296. The minimum atomic E-state index is -0.650. The maximum absolute atomic E-state index is 13.5. The Bertz CT molecular complexity index is 1330. The van der Waals surface area contributed by atoms with Crippen molar-refractivity contribution >= 4 is 34.7 Å². The summed E-state index contributed by atoms with van der Waals surface area (Å²) < 4.78 is 5.91. The van der Waals surface area contributed by atoms with Crippen LogP contribution in [-0.2, 0) is 6.42 Å². The van der Waals surface area contributed by atoms with Gasteiger partial charge in [0.2, 0.25) is 0 Å². The molecule has 0 saturated heterocycles. The second kappa shape index (κ2) is 10.5. The average molecular weight is 508 g/mol. The second-order valence-electron chi connectivity index (χ2n) is 8.78. The molecule has 188 valence electrons. The van der Waals surface area contributed by atoms with Crippen LogP contribution in [0.1, 0.15) is 48.4 Å². The largest absolute Gasteiger partial charge is 0.493 e. The molecule has 3 aromatic rings. The van der Waals surface area contributed by atoms with E-state index in [1.54, 1.807) is 56.3 Å². The predicted octanol–water partition coefficient (Wildman–Crippen LogP) is 3.41. The highest BCUT2D eigenvalue weighted by molar-refractivity contribution is 7.17. The molecule has 0 aliphatic carbocycles. The van der Waals surface area contributed by atoms with E-state index in [1.165, 1.54) is 11.3 Å². The smallest absolute Gasteiger partial charge is 0.268 e. The molecule has 36 heavy (non-hydrogen) atoms. The molecular formula is C27H29N3O5S. The molecule has 8 nitrogen and oxygen atoms in total. The predicted molar refractivity (Wildman–Crippen MR) is 140 cm³/mol. The first-order valence-corrected chi connectivity index (χ1v) is 12.5. The molecule has 1 atom stereocenters. The molecule has 0 saturated carbocycles. The summed E-state index contributed by atoms with van der Waals surface area (Å²) in [4.78, 5) is 41.1. The maximum Gasteiger partial charge on any atom is 0.268 e. The summed E-state index contributed by atoms with van der Waals surface area (Å²) in [5.41, 5.74) is 4.29. The zero-order valence-electron chi connectivity index (χ0n) is 20.7. The van der Waals surface area contributed by atoms with Gasteiger partial charge in [0.05, 0.1) is 17.6 Å². The van der Waals surface area contributed by atoms with Gasteiger partial charge in [0.25, 0.3) is 17.7 Å². The molecule has 2 heterocycles. The number of hydrogen-bond acceptors (Lipinski definition) is 6. The van der Waals surface area contributed by atoms with E-state index < -0.39 is 6.10 Å². The minimum Gasteiger partial charge on any atom is -0.493 e. The number of ether oxygens (including phenoxy) is 1. The molecule has 2 aromatic carbocycles. The molecule has 0 bridgehead atoms. The number of nitrogens with one attached hydrogen (secondary N) is 2. The first-order valence-electron chi connectivity index (χ1n) is 11.7. The average Bonchev–Trinajstić information content (AvgIpc) is 3.22. The van der Waals surface area contributed by atoms with Crippen molar-refractivity contribution in [3.05, 3.63) is 69.6 Å². The molecule has 1 aromatic heterocycles. The molecule has 9 heteroatoms. The fourth-order valence-electron chi connectivity index (χ4n) is 4.06. The number of aliphatic hydroxyl groups is 1. The van der Waals surface area contributed by atoms with Gasteiger partial charge in [0, 0.05) is 54.3 Å². The Morgan fingerprint density at radius 3 is 2.56 bits per heavy atom. The number of hydrogen-bond donors (Lipinski definition) is 3. The van der Waals surface area contributed by atoms with Crippen LogP contribution in [0, 0.1) is 6.92 Å². The quantitative estimate of drug-likeness (QED) is 0.474. The Hall–Kier alpha value is -3.69. The number of amides is 3. The molecule has 0 unspecified atom stereocenters. The number of carbonyl (C=O) groups is 3. The number of carbonyl (C=O) groups excluding carboxylic acids is 3. The number of anilines is 1. The SMILES string of the molecule is CNC(=O)c1ccc2c(c1)OCCc1cc(C(=O)N(C)c3cc(C(=O)NC[C@H](C)O)ccc3C)sc1-2. The molecule has 0 spiro atoms. The number of rotatable bonds is 6. The summed E-state index contributed by atoms with van der Waals surface area (Å²) in [6.07, 6.45) is -0.00628. The van der Waals surface area contributed by atoms with E-state index in [2.05, 4.69) is 10.6 Å². The summed E-state index contributed by atoms with van der Waals surface area (Å²) in [6.45, 7) is 4.08. The molecule has 4 rings (SSSR count). The van der Waals surface area contributed by atoms with Gasteiger partial charge in [-0.15, -0.1) is 11.3 Å². The van der Waals surface area contributed by atoms with E-state index in [4.69, 9.17) is 4.74 Å². The van der Waals surface area contributed by atoms with Crippen LogP contribution in [-0.4, -0.2) is 56.2 Å². The Labute approximate surface area is 213 Å². The molecule has 1 aliphatic rings. The fourth-order valence-corrected chi connectivity index (χ4v) is 5.28. The summed E-state index contributed by atoms with van der Waals surface area (Å²) in [5, 5.41) is 14.7. The minimum absolute atomic E-state index is 0.146. The van der Waals surface area contributed by atoms with E-state index in [-0.39, 0.29) is 24.3 Å². The van der Waals surface area contributed by atoms with Gasteiger partial charge >= 0.3 is 0 Å². The van der Waals surface area contributed by atoms with Crippen LogP contribution in [0.5, 0.6) is 5.75 Å². The zero-order chi connectivity index (χ0) is 26.0. The molecule has 3 amide bonds. The van der Waals surface area contributed by atoms with Crippen LogP contribution in [0.15, 0.2) is 42.5 Å². The number of aliphatic hydroxyl groups excluding tert-OH is 1. The summed E-state index contributed by atoms with van der Waals surface area (Å²) in [5.74, 6) is -0.0572. The van der Waals surface area contributed by atoms with Gasteiger partial charge in [0.15, 0.2) is 0 Å². The molecule has 3 N–H and O–H groups in total. The van der Waals surface area contributed by atoms with Crippen LogP contribution < -0.4 is 20.3 Å².